The van der Waals surface area contributed by atoms with E-state index >= 15 is 0 Å². The molecule has 0 spiro atoms. The van der Waals surface area contributed by atoms with E-state index in [2.05, 4.69) is 4.99 Å². The molecule has 4 rings (SSSR count). The number of aryl methyl sites for hydroxylation is 1. The lowest BCUT2D eigenvalue weighted by Gasteiger charge is -2.34. The summed E-state index contributed by atoms with van der Waals surface area (Å²) in [5.74, 6) is -2.04. The van der Waals surface area contributed by atoms with E-state index in [1.807, 2.05) is 13.8 Å². The topological polar surface area (TPSA) is 81.0 Å². The van der Waals surface area contributed by atoms with Gasteiger partial charge in [0.05, 0.1) is 27.3 Å². The highest BCUT2D eigenvalue weighted by atomic mass is 32.2. The van der Waals surface area contributed by atoms with Crippen LogP contribution in [0.25, 0.3) is 10.2 Å². The van der Waals surface area contributed by atoms with E-state index < -0.39 is 27.6 Å². The fraction of sp³-hybridized carbons (Fsp3) is 0.364. The Morgan fingerprint density at radius 2 is 1.79 bits per heavy atom. The Balaban J connectivity index is 1.64. The van der Waals surface area contributed by atoms with Crippen LogP contribution in [-0.4, -0.2) is 48.5 Å². The van der Waals surface area contributed by atoms with Gasteiger partial charge in [-0.05, 0) is 51.1 Å². The molecule has 0 unspecified atom stereocenters. The standard InChI is InChI=1S/C22H23F2N3O4S2/c1-4-27-20-18(24)9-16(23)10-19(20)32-22(27)25-21(28)15-5-7-17(8-6-15)33(29,30)26-11-13(2)31-14(3)12-26/h5-10,13-14H,4,11-12H2,1-3H3/t13-,14-/m0/s1. The maximum absolute atomic E-state index is 14.3. The lowest BCUT2D eigenvalue weighted by Crippen LogP contribution is -2.48. The molecule has 0 saturated carbocycles. The summed E-state index contributed by atoms with van der Waals surface area (Å²) in [6, 6.07) is 7.53. The Labute approximate surface area is 194 Å². The number of nitrogens with zero attached hydrogens (tertiary/aromatic N) is 3. The van der Waals surface area contributed by atoms with Crippen LogP contribution in [0.5, 0.6) is 0 Å². The predicted molar refractivity (Wildman–Crippen MR) is 121 cm³/mol. The fourth-order valence-electron chi connectivity index (χ4n) is 3.90. The van der Waals surface area contributed by atoms with Crippen molar-refractivity contribution in [3.8, 4) is 0 Å². The number of rotatable bonds is 4. The number of carbonyl (C=O) groups excluding carboxylic acids is 1. The van der Waals surface area contributed by atoms with Gasteiger partial charge in [0.2, 0.25) is 10.0 Å². The Morgan fingerprint density at radius 3 is 2.39 bits per heavy atom. The minimum absolute atomic E-state index is 0.0726. The molecule has 3 aromatic rings. The maximum Gasteiger partial charge on any atom is 0.279 e. The van der Waals surface area contributed by atoms with Crippen molar-refractivity contribution in [1.29, 1.82) is 0 Å². The molecule has 0 radical (unpaired) electrons. The third kappa shape index (κ3) is 4.63. The first-order valence-electron chi connectivity index (χ1n) is 10.4. The highest BCUT2D eigenvalue weighted by Gasteiger charge is 2.32. The molecule has 1 amide bonds. The number of sulfonamides is 1. The number of morpholine rings is 1. The summed E-state index contributed by atoms with van der Waals surface area (Å²) in [4.78, 5) is 17.1. The van der Waals surface area contributed by atoms with E-state index in [1.165, 1.54) is 39.2 Å². The van der Waals surface area contributed by atoms with Crippen LogP contribution in [0.1, 0.15) is 31.1 Å². The minimum Gasteiger partial charge on any atom is -0.373 e. The van der Waals surface area contributed by atoms with Crippen molar-refractivity contribution in [2.24, 2.45) is 4.99 Å². The first kappa shape index (κ1) is 23.7. The lowest BCUT2D eigenvalue weighted by molar-refractivity contribution is -0.0440. The molecule has 0 N–H and O–H groups in total. The van der Waals surface area contributed by atoms with Gasteiger partial charge < -0.3 is 9.30 Å². The number of hydrogen-bond acceptors (Lipinski definition) is 5. The van der Waals surface area contributed by atoms with Crippen LogP contribution in [0.15, 0.2) is 46.3 Å². The third-order valence-corrected chi connectivity index (χ3v) is 8.21. The van der Waals surface area contributed by atoms with Gasteiger partial charge in [-0.25, -0.2) is 17.2 Å². The molecule has 2 aromatic carbocycles. The SMILES string of the molecule is CCn1c(=NC(=O)c2ccc(S(=O)(=O)N3C[C@H](C)O[C@@H](C)C3)cc2)sc2cc(F)cc(F)c21. The quantitative estimate of drug-likeness (QED) is 0.555. The summed E-state index contributed by atoms with van der Waals surface area (Å²) in [7, 11) is -3.73. The van der Waals surface area contributed by atoms with Gasteiger partial charge in [0.1, 0.15) is 5.82 Å². The van der Waals surface area contributed by atoms with Gasteiger partial charge in [0, 0.05) is 31.3 Å². The van der Waals surface area contributed by atoms with Crippen molar-refractivity contribution in [1.82, 2.24) is 8.87 Å². The number of benzene rings is 2. The predicted octanol–water partition coefficient (Wildman–Crippen LogP) is 3.54. The van der Waals surface area contributed by atoms with Crippen molar-refractivity contribution in [3.63, 3.8) is 0 Å². The van der Waals surface area contributed by atoms with Gasteiger partial charge in [-0.1, -0.05) is 11.3 Å². The average Bonchev–Trinajstić information content (AvgIpc) is 3.10. The third-order valence-electron chi connectivity index (χ3n) is 5.33. The molecule has 1 aliphatic rings. The molecule has 2 heterocycles. The van der Waals surface area contributed by atoms with E-state index in [0.717, 1.165) is 17.4 Å². The lowest BCUT2D eigenvalue weighted by atomic mass is 10.2. The zero-order valence-electron chi connectivity index (χ0n) is 18.3. The number of hydrogen-bond donors (Lipinski definition) is 0. The summed E-state index contributed by atoms with van der Waals surface area (Å²) in [5.41, 5.74) is 0.371. The number of aromatic nitrogens is 1. The highest BCUT2D eigenvalue weighted by Crippen LogP contribution is 2.23. The summed E-state index contributed by atoms with van der Waals surface area (Å²) in [6.45, 7) is 6.25. The Hall–Kier alpha value is -2.47. The molecular formula is C22H23F2N3O4S2. The van der Waals surface area contributed by atoms with Gasteiger partial charge in [0.15, 0.2) is 10.6 Å². The van der Waals surface area contributed by atoms with Gasteiger partial charge >= 0.3 is 0 Å². The number of ether oxygens (including phenoxy) is 1. The molecule has 11 heteroatoms. The average molecular weight is 496 g/mol. The van der Waals surface area contributed by atoms with Gasteiger partial charge in [-0.2, -0.15) is 9.30 Å². The normalized spacial score (nSPS) is 20.5. The van der Waals surface area contributed by atoms with Crippen molar-refractivity contribution in [3.05, 3.63) is 58.4 Å². The van der Waals surface area contributed by atoms with E-state index in [4.69, 9.17) is 4.74 Å². The van der Waals surface area contributed by atoms with E-state index in [0.29, 0.717) is 11.2 Å². The van der Waals surface area contributed by atoms with Gasteiger partial charge in [-0.15, -0.1) is 0 Å². The maximum atomic E-state index is 14.3. The Bertz CT molecular complexity index is 1370. The van der Waals surface area contributed by atoms with E-state index in [1.54, 1.807) is 6.92 Å². The summed E-state index contributed by atoms with van der Waals surface area (Å²) >= 11 is 1.01. The largest absolute Gasteiger partial charge is 0.373 e. The second-order valence-electron chi connectivity index (χ2n) is 7.88. The smallest absolute Gasteiger partial charge is 0.279 e. The molecule has 1 saturated heterocycles. The number of thiazole rings is 1. The highest BCUT2D eigenvalue weighted by molar-refractivity contribution is 7.89. The molecule has 0 bridgehead atoms. The molecule has 0 aliphatic carbocycles. The van der Waals surface area contributed by atoms with E-state index in [-0.39, 0.29) is 46.1 Å². The molecule has 33 heavy (non-hydrogen) atoms. The number of fused-ring (bicyclic) bond motifs is 1. The zero-order valence-corrected chi connectivity index (χ0v) is 19.9. The second-order valence-corrected chi connectivity index (χ2v) is 10.8. The Morgan fingerprint density at radius 1 is 1.15 bits per heavy atom. The van der Waals surface area contributed by atoms with Gasteiger partial charge in [-0.3, -0.25) is 4.79 Å². The first-order valence-corrected chi connectivity index (χ1v) is 12.7. The molecule has 1 aromatic heterocycles. The van der Waals surface area contributed by atoms with Crippen LogP contribution in [0.4, 0.5) is 8.78 Å². The van der Waals surface area contributed by atoms with Crippen molar-refractivity contribution in [2.75, 3.05) is 13.1 Å². The molecule has 2 atom stereocenters. The second kappa shape index (κ2) is 9.05. The Kier molecular flexibility index (Phi) is 6.50. The first-order chi connectivity index (χ1) is 15.6. The number of amides is 1. The van der Waals surface area contributed by atoms with Crippen LogP contribution >= 0.6 is 11.3 Å². The van der Waals surface area contributed by atoms with Crippen LogP contribution < -0.4 is 4.80 Å². The van der Waals surface area contributed by atoms with Crippen LogP contribution in [-0.2, 0) is 21.3 Å². The molecule has 176 valence electrons. The van der Waals surface area contributed by atoms with Crippen LogP contribution in [0.2, 0.25) is 0 Å². The zero-order chi connectivity index (χ0) is 23.9. The molecule has 1 aliphatic heterocycles. The van der Waals surface area contributed by atoms with Crippen LogP contribution in [0.3, 0.4) is 0 Å². The number of carbonyl (C=O) groups is 1. The van der Waals surface area contributed by atoms with Crippen molar-refractivity contribution in [2.45, 2.75) is 44.4 Å². The summed E-state index contributed by atoms with van der Waals surface area (Å²) < 4.78 is 62.7. The monoisotopic (exact) mass is 495 g/mol. The van der Waals surface area contributed by atoms with Crippen molar-refractivity contribution >= 4 is 37.5 Å². The minimum atomic E-state index is -3.73. The van der Waals surface area contributed by atoms with Gasteiger partial charge in [0.25, 0.3) is 5.91 Å². The van der Waals surface area contributed by atoms with Crippen LogP contribution in [0, 0.1) is 11.6 Å². The fourth-order valence-corrected chi connectivity index (χ4v) is 6.63. The summed E-state index contributed by atoms with van der Waals surface area (Å²) in [5, 5.41) is 0. The van der Waals surface area contributed by atoms with E-state index in [9.17, 15) is 22.0 Å². The van der Waals surface area contributed by atoms with Crippen molar-refractivity contribution < 1.29 is 26.7 Å². The molecule has 7 nitrogen and oxygen atoms in total. The number of halogens is 2. The summed E-state index contributed by atoms with van der Waals surface area (Å²) in [6.07, 6.45) is -0.430. The molecular weight excluding hydrogens is 472 g/mol. The molecule has 1 fully saturated rings.